The maximum atomic E-state index is 11.8. The Kier molecular flexibility index (Phi) is 5.37. The molecule has 0 saturated heterocycles. The lowest BCUT2D eigenvalue weighted by atomic mass is 10.1. The Morgan fingerprint density at radius 3 is 2.38 bits per heavy atom. The second-order valence-electron chi connectivity index (χ2n) is 6.35. The van der Waals surface area contributed by atoms with Gasteiger partial charge in [-0.1, -0.05) is 18.6 Å². The quantitative estimate of drug-likeness (QED) is 0.902. The smallest absolute Gasteiger partial charge is 0.253 e. The summed E-state index contributed by atoms with van der Waals surface area (Å²) in [4.78, 5) is 15.7. The van der Waals surface area contributed by atoms with Gasteiger partial charge in [-0.15, -0.1) is 0 Å². The molecule has 0 spiro atoms. The minimum Gasteiger partial charge on any atom is -0.393 e. The van der Waals surface area contributed by atoms with Gasteiger partial charge in [-0.3, -0.25) is 4.79 Å². The third-order valence-corrected chi connectivity index (χ3v) is 4.22. The molecule has 116 valence electrons. The number of aliphatic hydroxyl groups is 1. The molecule has 2 atom stereocenters. The Hall–Kier alpha value is -1.39. The van der Waals surface area contributed by atoms with E-state index in [2.05, 4.69) is 11.9 Å². The van der Waals surface area contributed by atoms with Crippen LogP contribution < -0.4 is 0 Å². The van der Waals surface area contributed by atoms with Crippen molar-refractivity contribution in [2.75, 3.05) is 27.7 Å². The number of nitrogens with zero attached hydrogens (tertiary/aromatic N) is 2. The van der Waals surface area contributed by atoms with Crippen LogP contribution in [0.25, 0.3) is 0 Å². The summed E-state index contributed by atoms with van der Waals surface area (Å²) in [7, 11) is 5.61. The Labute approximate surface area is 127 Å². The lowest BCUT2D eigenvalue weighted by Gasteiger charge is -2.23. The average Bonchev–Trinajstić information content (AvgIpc) is 2.84. The van der Waals surface area contributed by atoms with Crippen LogP contribution in [0.4, 0.5) is 0 Å². The number of aliphatic hydroxyl groups excluding tert-OH is 1. The maximum absolute atomic E-state index is 11.8. The molecule has 0 aliphatic heterocycles. The van der Waals surface area contributed by atoms with E-state index in [1.54, 1.807) is 19.0 Å². The van der Waals surface area contributed by atoms with Gasteiger partial charge in [0.05, 0.1) is 6.10 Å². The maximum Gasteiger partial charge on any atom is 0.253 e. The van der Waals surface area contributed by atoms with E-state index >= 15 is 0 Å². The zero-order chi connectivity index (χ0) is 15.4. The molecule has 21 heavy (non-hydrogen) atoms. The van der Waals surface area contributed by atoms with Gasteiger partial charge in [0.2, 0.25) is 0 Å². The van der Waals surface area contributed by atoms with Gasteiger partial charge in [0, 0.05) is 32.7 Å². The molecule has 0 bridgehead atoms. The lowest BCUT2D eigenvalue weighted by molar-refractivity contribution is 0.0827. The van der Waals surface area contributed by atoms with Gasteiger partial charge in [0.25, 0.3) is 5.91 Å². The largest absolute Gasteiger partial charge is 0.393 e. The molecule has 2 rings (SSSR count). The summed E-state index contributed by atoms with van der Waals surface area (Å²) >= 11 is 0. The molecule has 1 aliphatic carbocycles. The van der Waals surface area contributed by atoms with E-state index in [0.29, 0.717) is 5.92 Å². The van der Waals surface area contributed by atoms with E-state index < -0.39 is 0 Å². The highest BCUT2D eigenvalue weighted by Crippen LogP contribution is 2.26. The van der Waals surface area contributed by atoms with Crippen molar-refractivity contribution in [1.29, 1.82) is 0 Å². The summed E-state index contributed by atoms with van der Waals surface area (Å²) in [6, 6.07) is 7.79. The van der Waals surface area contributed by atoms with Gasteiger partial charge < -0.3 is 14.9 Å². The Morgan fingerprint density at radius 2 is 1.86 bits per heavy atom. The van der Waals surface area contributed by atoms with E-state index in [1.807, 2.05) is 24.3 Å². The summed E-state index contributed by atoms with van der Waals surface area (Å²) in [6.07, 6.45) is 3.08. The van der Waals surface area contributed by atoms with E-state index in [4.69, 9.17) is 0 Å². The predicted octanol–water partition coefficient (Wildman–Crippen LogP) is 1.98. The van der Waals surface area contributed by atoms with Crippen LogP contribution in [0.5, 0.6) is 0 Å². The van der Waals surface area contributed by atoms with Crippen LogP contribution in [-0.2, 0) is 6.54 Å². The van der Waals surface area contributed by atoms with Crippen molar-refractivity contribution in [3.05, 3.63) is 35.4 Å². The standard InChI is InChI=1S/C17H26N2O2/c1-18(2)17(21)14-9-7-13(8-10-14)11-19(3)12-15-5-4-6-16(15)20/h7-10,15-16,20H,4-6,11-12H2,1-3H3. The third kappa shape index (κ3) is 4.29. The van der Waals surface area contributed by atoms with Crippen molar-refractivity contribution in [2.24, 2.45) is 5.92 Å². The highest BCUT2D eigenvalue weighted by Gasteiger charge is 2.26. The van der Waals surface area contributed by atoms with Gasteiger partial charge in [-0.2, -0.15) is 0 Å². The minimum absolute atomic E-state index is 0.0315. The molecule has 1 amide bonds. The van der Waals surface area contributed by atoms with Crippen LogP contribution >= 0.6 is 0 Å². The number of amides is 1. The second-order valence-corrected chi connectivity index (χ2v) is 6.35. The van der Waals surface area contributed by atoms with Crippen LogP contribution in [0, 0.1) is 5.92 Å². The first-order valence-corrected chi connectivity index (χ1v) is 7.64. The number of benzene rings is 1. The van der Waals surface area contributed by atoms with Gasteiger partial charge in [-0.05, 0) is 43.5 Å². The van der Waals surface area contributed by atoms with Gasteiger partial charge in [-0.25, -0.2) is 0 Å². The molecule has 1 saturated carbocycles. The van der Waals surface area contributed by atoms with Crippen LogP contribution in [-0.4, -0.2) is 54.6 Å². The van der Waals surface area contributed by atoms with Crippen molar-refractivity contribution in [3.8, 4) is 0 Å². The molecule has 0 aromatic heterocycles. The molecule has 1 N–H and O–H groups in total. The SMILES string of the molecule is CN(Cc1ccc(C(=O)N(C)C)cc1)CC1CCCC1O. The van der Waals surface area contributed by atoms with Gasteiger partial charge in [0.15, 0.2) is 0 Å². The molecule has 0 radical (unpaired) electrons. The zero-order valence-electron chi connectivity index (χ0n) is 13.2. The summed E-state index contributed by atoms with van der Waals surface area (Å²) in [6.45, 7) is 1.78. The highest BCUT2D eigenvalue weighted by molar-refractivity contribution is 5.93. The van der Waals surface area contributed by atoms with Crippen molar-refractivity contribution in [3.63, 3.8) is 0 Å². The molecule has 4 heteroatoms. The summed E-state index contributed by atoms with van der Waals surface area (Å²) < 4.78 is 0. The van der Waals surface area contributed by atoms with Crippen molar-refractivity contribution in [1.82, 2.24) is 9.80 Å². The molecule has 4 nitrogen and oxygen atoms in total. The molecule has 1 aliphatic rings. The first kappa shape index (κ1) is 16.0. The average molecular weight is 290 g/mol. The third-order valence-electron chi connectivity index (χ3n) is 4.22. The van der Waals surface area contributed by atoms with Crippen LogP contribution in [0.15, 0.2) is 24.3 Å². The Bertz CT molecular complexity index is 470. The van der Waals surface area contributed by atoms with E-state index in [9.17, 15) is 9.90 Å². The van der Waals surface area contributed by atoms with Gasteiger partial charge in [0.1, 0.15) is 0 Å². The molecule has 1 aromatic carbocycles. The van der Waals surface area contributed by atoms with Crippen LogP contribution in [0.3, 0.4) is 0 Å². The fraction of sp³-hybridized carbons (Fsp3) is 0.588. The summed E-state index contributed by atoms with van der Waals surface area (Å²) in [5.41, 5.74) is 1.91. The number of rotatable bonds is 5. The first-order valence-electron chi connectivity index (χ1n) is 7.64. The number of hydrogen-bond donors (Lipinski definition) is 1. The van der Waals surface area contributed by atoms with Crippen molar-refractivity contribution >= 4 is 5.91 Å². The second kappa shape index (κ2) is 7.05. The number of carbonyl (C=O) groups is 1. The predicted molar refractivity (Wildman–Crippen MR) is 84.1 cm³/mol. The van der Waals surface area contributed by atoms with Crippen molar-refractivity contribution < 1.29 is 9.90 Å². The van der Waals surface area contributed by atoms with E-state index in [-0.39, 0.29) is 12.0 Å². The minimum atomic E-state index is -0.132. The topological polar surface area (TPSA) is 43.8 Å². The lowest BCUT2D eigenvalue weighted by Crippen LogP contribution is -2.29. The van der Waals surface area contributed by atoms with Crippen LogP contribution in [0.1, 0.15) is 35.2 Å². The highest BCUT2D eigenvalue weighted by atomic mass is 16.3. The summed E-state index contributed by atoms with van der Waals surface area (Å²) in [5.74, 6) is 0.438. The number of carbonyl (C=O) groups excluding carboxylic acids is 1. The number of hydrogen-bond acceptors (Lipinski definition) is 3. The Morgan fingerprint density at radius 1 is 1.19 bits per heavy atom. The summed E-state index contributed by atoms with van der Waals surface area (Å²) in [5, 5.41) is 9.88. The zero-order valence-corrected chi connectivity index (χ0v) is 13.2. The molecular formula is C17H26N2O2. The van der Waals surface area contributed by atoms with Crippen LogP contribution in [0.2, 0.25) is 0 Å². The monoisotopic (exact) mass is 290 g/mol. The van der Waals surface area contributed by atoms with Crippen molar-refractivity contribution in [2.45, 2.75) is 31.9 Å². The molecule has 0 heterocycles. The van der Waals surface area contributed by atoms with E-state index in [1.165, 1.54) is 5.56 Å². The molecule has 1 aromatic rings. The van der Waals surface area contributed by atoms with E-state index in [0.717, 1.165) is 37.9 Å². The normalized spacial score (nSPS) is 21.8. The molecular weight excluding hydrogens is 264 g/mol. The first-order chi connectivity index (χ1) is 9.97. The Balaban J connectivity index is 1.89. The fourth-order valence-corrected chi connectivity index (χ4v) is 3.02. The fourth-order valence-electron chi connectivity index (χ4n) is 3.02. The molecule has 1 fully saturated rings. The molecule has 2 unspecified atom stereocenters. The van der Waals surface area contributed by atoms with Gasteiger partial charge >= 0.3 is 0 Å².